The Morgan fingerprint density at radius 2 is 1.71 bits per heavy atom. The van der Waals surface area contributed by atoms with Crippen molar-refractivity contribution in [2.24, 2.45) is 5.92 Å². The number of benzene rings is 3. The molecule has 1 heterocycles. The van der Waals surface area contributed by atoms with Crippen LogP contribution in [0.1, 0.15) is 47.1 Å². The standard InChI is InChI=1S/C33H38Cl2N2O4/c1-21-17-29(34)31(30(35)18-21)41-16-15-40-27-11-7-25(8-12-27)33(39)13-14-36-19-28(33)32(38)37(26-9-10-26)20-24-6-4-5-22(2)23(24)3/h4-8,11-12,17-18,26,28,36,39H,9-10,13-16,19-20H2,1-3H3/t28-,33-/m1/s1. The van der Waals surface area contributed by atoms with Gasteiger partial charge in [0.15, 0.2) is 5.75 Å². The highest BCUT2D eigenvalue weighted by Crippen LogP contribution is 2.40. The van der Waals surface area contributed by atoms with Crippen molar-refractivity contribution in [1.82, 2.24) is 10.2 Å². The van der Waals surface area contributed by atoms with Gasteiger partial charge in [0, 0.05) is 19.1 Å². The lowest BCUT2D eigenvalue weighted by atomic mass is 9.75. The average Bonchev–Trinajstić information content (AvgIpc) is 3.78. The molecule has 2 aliphatic rings. The molecule has 2 N–H and O–H groups in total. The van der Waals surface area contributed by atoms with Crippen LogP contribution in [0.2, 0.25) is 10.0 Å². The Morgan fingerprint density at radius 3 is 2.39 bits per heavy atom. The molecule has 1 saturated carbocycles. The van der Waals surface area contributed by atoms with E-state index in [2.05, 4.69) is 31.3 Å². The number of hydrogen-bond donors (Lipinski definition) is 2. The van der Waals surface area contributed by atoms with Crippen LogP contribution in [0.15, 0.2) is 54.6 Å². The summed E-state index contributed by atoms with van der Waals surface area (Å²) in [6.07, 6.45) is 2.47. The smallest absolute Gasteiger partial charge is 0.230 e. The Balaban J connectivity index is 1.25. The molecule has 1 aliphatic heterocycles. The first-order valence-corrected chi connectivity index (χ1v) is 15.0. The molecule has 0 aromatic heterocycles. The normalized spacial score (nSPS) is 20.5. The maximum atomic E-state index is 14.1. The predicted octanol–water partition coefficient (Wildman–Crippen LogP) is 6.36. The average molecular weight is 598 g/mol. The summed E-state index contributed by atoms with van der Waals surface area (Å²) in [5.41, 5.74) is 4.02. The molecule has 218 valence electrons. The van der Waals surface area contributed by atoms with E-state index in [0.29, 0.717) is 54.2 Å². The molecule has 3 aromatic carbocycles. The van der Waals surface area contributed by atoms with E-state index < -0.39 is 11.5 Å². The zero-order valence-electron chi connectivity index (χ0n) is 23.9. The Labute approximate surface area is 252 Å². The lowest BCUT2D eigenvalue weighted by molar-refractivity contribution is -0.150. The third-order valence-electron chi connectivity index (χ3n) is 8.33. The number of nitrogens with one attached hydrogen (secondary N) is 1. The van der Waals surface area contributed by atoms with Gasteiger partial charge in [-0.05, 0) is 98.7 Å². The number of aryl methyl sites for hydroxylation is 2. The fourth-order valence-electron chi connectivity index (χ4n) is 5.61. The van der Waals surface area contributed by atoms with Crippen molar-refractivity contribution < 1.29 is 19.4 Å². The Kier molecular flexibility index (Phi) is 9.15. The van der Waals surface area contributed by atoms with Gasteiger partial charge >= 0.3 is 0 Å². The highest BCUT2D eigenvalue weighted by atomic mass is 35.5. The first-order valence-electron chi connectivity index (χ1n) is 14.3. The summed E-state index contributed by atoms with van der Waals surface area (Å²) >= 11 is 12.5. The largest absolute Gasteiger partial charge is 0.490 e. The van der Waals surface area contributed by atoms with Crippen molar-refractivity contribution in [2.45, 2.75) is 58.2 Å². The van der Waals surface area contributed by atoms with Crippen LogP contribution in [0.4, 0.5) is 0 Å². The molecule has 0 bridgehead atoms. The highest BCUT2D eigenvalue weighted by molar-refractivity contribution is 6.37. The molecule has 1 saturated heterocycles. The van der Waals surface area contributed by atoms with Crippen LogP contribution in [0.5, 0.6) is 11.5 Å². The van der Waals surface area contributed by atoms with Gasteiger partial charge < -0.3 is 24.8 Å². The van der Waals surface area contributed by atoms with E-state index in [1.165, 1.54) is 11.1 Å². The van der Waals surface area contributed by atoms with E-state index in [-0.39, 0.29) is 18.6 Å². The monoisotopic (exact) mass is 596 g/mol. The van der Waals surface area contributed by atoms with Gasteiger partial charge in [-0.2, -0.15) is 0 Å². The lowest BCUT2D eigenvalue weighted by Gasteiger charge is -2.42. The molecule has 2 atom stereocenters. The maximum absolute atomic E-state index is 14.1. The summed E-state index contributed by atoms with van der Waals surface area (Å²) in [7, 11) is 0. The van der Waals surface area contributed by atoms with Crippen LogP contribution in [-0.4, -0.2) is 48.3 Å². The predicted molar refractivity (Wildman–Crippen MR) is 163 cm³/mol. The van der Waals surface area contributed by atoms with Crippen LogP contribution >= 0.6 is 23.2 Å². The van der Waals surface area contributed by atoms with Gasteiger partial charge in [0.25, 0.3) is 0 Å². The summed E-state index contributed by atoms with van der Waals surface area (Å²) in [6, 6.07) is 17.5. The highest BCUT2D eigenvalue weighted by Gasteiger charge is 2.48. The first kappa shape index (κ1) is 29.7. The first-order chi connectivity index (χ1) is 19.7. The molecule has 0 spiro atoms. The molecule has 0 radical (unpaired) electrons. The quantitative estimate of drug-likeness (QED) is 0.266. The summed E-state index contributed by atoms with van der Waals surface area (Å²) < 4.78 is 11.6. The molecule has 5 rings (SSSR count). The number of hydrogen-bond acceptors (Lipinski definition) is 5. The molecule has 0 unspecified atom stereocenters. The van der Waals surface area contributed by atoms with E-state index in [4.69, 9.17) is 32.7 Å². The van der Waals surface area contributed by atoms with Crippen LogP contribution in [0.25, 0.3) is 0 Å². The number of nitrogens with zero attached hydrogens (tertiary/aromatic N) is 1. The molecule has 2 fully saturated rings. The molecule has 3 aromatic rings. The van der Waals surface area contributed by atoms with Gasteiger partial charge in [0.2, 0.25) is 5.91 Å². The van der Waals surface area contributed by atoms with E-state index in [1.54, 1.807) is 12.1 Å². The van der Waals surface area contributed by atoms with Crippen molar-refractivity contribution in [1.29, 1.82) is 0 Å². The second-order valence-corrected chi connectivity index (χ2v) is 12.1. The molecular weight excluding hydrogens is 559 g/mol. The second-order valence-electron chi connectivity index (χ2n) is 11.3. The van der Waals surface area contributed by atoms with Gasteiger partial charge in [-0.25, -0.2) is 0 Å². The van der Waals surface area contributed by atoms with E-state index in [0.717, 1.165) is 29.5 Å². The summed E-state index contributed by atoms with van der Waals surface area (Å²) in [6.45, 7) is 8.34. The SMILES string of the molecule is Cc1cc(Cl)c(OCCOc2ccc([C@]3(O)CCNC[C@@H]3C(=O)N(Cc3cccc(C)c3C)C3CC3)cc2)c(Cl)c1. The summed E-state index contributed by atoms with van der Waals surface area (Å²) in [5, 5.41) is 16.3. The van der Waals surface area contributed by atoms with E-state index >= 15 is 0 Å². The Hall–Kier alpha value is -2.77. The van der Waals surface area contributed by atoms with Crippen LogP contribution < -0.4 is 14.8 Å². The van der Waals surface area contributed by atoms with Crippen LogP contribution in [0.3, 0.4) is 0 Å². The summed E-state index contributed by atoms with van der Waals surface area (Å²) in [4.78, 5) is 16.1. The van der Waals surface area contributed by atoms with Crippen molar-refractivity contribution in [2.75, 3.05) is 26.3 Å². The molecule has 6 nitrogen and oxygen atoms in total. The zero-order valence-corrected chi connectivity index (χ0v) is 25.4. The molecule has 41 heavy (non-hydrogen) atoms. The fraction of sp³-hybridized carbons (Fsp3) is 0.424. The number of amides is 1. The molecule has 1 amide bonds. The minimum Gasteiger partial charge on any atom is -0.490 e. The number of aliphatic hydroxyl groups is 1. The Bertz CT molecular complexity index is 1370. The second kappa shape index (κ2) is 12.6. The van der Waals surface area contributed by atoms with Crippen LogP contribution in [0, 0.1) is 26.7 Å². The summed E-state index contributed by atoms with van der Waals surface area (Å²) in [5.74, 6) is 0.521. The molecule has 8 heteroatoms. The molecular formula is C33H38Cl2N2O4. The third-order valence-corrected chi connectivity index (χ3v) is 8.89. The zero-order chi connectivity index (χ0) is 29.1. The number of carbonyl (C=O) groups excluding carboxylic acids is 1. The fourth-order valence-corrected chi connectivity index (χ4v) is 6.32. The number of halogens is 2. The van der Waals surface area contributed by atoms with Gasteiger partial charge in [-0.3, -0.25) is 4.79 Å². The maximum Gasteiger partial charge on any atom is 0.230 e. The van der Waals surface area contributed by atoms with Crippen molar-refractivity contribution >= 4 is 29.1 Å². The lowest BCUT2D eigenvalue weighted by Crippen LogP contribution is -2.55. The van der Waals surface area contributed by atoms with E-state index in [9.17, 15) is 9.90 Å². The Morgan fingerprint density at radius 1 is 1.02 bits per heavy atom. The van der Waals surface area contributed by atoms with Gasteiger partial charge in [0.05, 0.1) is 16.0 Å². The number of carbonyl (C=O) groups is 1. The van der Waals surface area contributed by atoms with Crippen molar-refractivity contribution in [3.05, 3.63) is 92.5 Å². The van der Waals surface area contributed by atoms with Crippen molar-refractivity contribution in [3.8, 4) is 11.5 Å². The minimum absolute atomic E-state index is 0.00834. The van der Waals surface area contributed by atoms with Crippen LogP contribution in [-0.2, 0) is 16.9 Å². The third kappa shape index (κ3) is 6.67. The number of rotatable bonds is 10. The minimum atomic E-state index is -1.27. The van der Waals surface area contributed by atoms with Crippen molar-refractivity contribution in [3.63, 3.8) is 0 Å². The molecule has 1 aliphatic carbocycles. The topological polar surface area (TPSA) is 71.0 Å². The van der Waals surface area contributed by atoms with E-state index in [1.807, 2.05) is 42.2 Å². The van der Waals surface area contributed by atoms with Gasteiger partial charge in [-0.1, -0.05) is 53.5 Å². The van der Waals surface area contributed by atoms with Gasteiger partial charge in [0.1, 0.15) is 24.6 Å². The number of piperidine rings is 1. The number of ether oxygens (including phenoxy) is 2. The van der Waals surface area contributed by atoms with Gasteiger partial charge in [-0.15, -0.1) is 0 Å².